The van der Waals surface area contributed by atoms with E-state index in [-0.39, 0.29) is 11.8 Å². The van der Waals surface area contributed by atoms with Gasteiger partial charge in [0, 0.05) is 75.0 Å². The predicted molar refractivity (Wildman–Crippen MR) is 107 cm³/mol. The summed E-state index contributed by atoms with van der Waals surface area (Å²) in [7, 11) is 2.14. The molecule has 2 aliphatic heterocycles. The Labute approximate surface area is 165 Å². The van der Waals surface area contributed by atoms with Crippen molar-refractivity contribution in [2.45, 2.75) is 12.5 Å². The van der Waals surface area contributed by atoms with Crippen molar-refractivity contribution < 1.29 is 9.90 Å². The van der Waals surface area contributed by atoms with Crippen LogP contribution >= 0.6 is 0 Å². The number of β-amino-alcohol motifs (C(OH)–C–C–N with tert-alkyl or cyclic N) is 1. The molecule has 4 rings (SSSR count). The Hall–Kier alpha value is -2.51. The lowest BCUT2D eigenvalue weighted by Crippen LogP contribution is -2.44. The molecule has 7 heteroatoms. The molecule has 1 amide bonds. The number of hydrogen-bond donors (Lipinski definition) is 1. The summed E-state index contributed by atoms with van der Waals surface area (Å²) in [6.45, 7) is 5.03. The number of amides is 1. The van der Waals surface area contributed by atoms with Crippen LogP contribution in [-0.4, -0.2) is 83.2 Å². The summed E-state index contributed by atoms with van der Waals surface area (Å²) in [5, 5.41) is 10.4. The Morgan fingerprint density at radius 1 is 1.11 bits per heavy atom. The quantitative estimate of drug-likeness (QED) is 0.849. The molecule has 2 saturated heterocycles. The fraction of sp³-hybridized carbons (Fsp3) is 0.476. The number of hydrogen-bond acceptors (Lipinski definition) is 6. The van der Waals surface area contributed by atoms with E-state index in [9.17, 15) is 9.90 Å². The number of anilines is 1. The van der Waals surface area contributed by atoms with Gasteiger partial charge in [-0.25, -0.2) is 0 Å². The summed E-state index contributed by atoms with van der Waals surface area (Å²) in [5.41, 5.74) is 2.68. The first-order chi connectivity index (χ1) is 13.6. The zero-order chi connectivity index (χ0) is 19.5. The number of nitrogens with zero attached hydrogens (tertiary/aromatic N) is 5. The molecule has 7 nitrogen and oxygen atoms in total. The van der Waals surface area contributed by atoms with Gasteiger partial charge in [0.2, 0.25) is 0 Å². The number of likely N-dealkylation sites (N-methyl/N-ethyl adjacent to an activating group) is 1. The van der Waals surface area contributed by atoms with Crippen LogP contribution in [-0.2, 0) is 6.42 Å². The molecule has 0 spiro atoms. The van der Waals surface area contributed by atoms with Gasteiger partial charge in [-0.15, -0.1) is 0 Å². The molecule has 0 bridgehead atoms. The van der Waals surface area contributed by atoms with Gasteiger partial charge in [0.15, 0.2) is 0 Å². The van der Waals surface area contributed by atoms with E-state index in [1.54, 1.807) is 23.5 Å². The third-order valence-corrected chi connectivity index (χ3v) is 5.76. The second kappa shape index (κ2) is 8.24. The number of rotatable bonds is 4. The van der Waals surface area contributed by atoms with Crippen molar-refractivity contribution >= 4 is 11.6 Å². The molecule has 0 unspecified atom stereocenters. The zero-order valence-electron chi connectivity index (χ0n) is 16.2. The summed E-state index contributed by atoms with van der Waals surface area (Å²) >= 11 is 0. The maximum Gasteiger partial charge on any atom is 0.253 e. The molecule has 2 aromatic rings. The maximum atomic E-state index is 12.9. The molecule has 3 heterocycles. The second-order valence-electron chi connectivity index (χ2n) is 7.78. The smallest absolute Gasteiger partial charge is 0.253 e. The van der Waals surface area contributed by atoms with Gasteiger partial charge in [-0.1, -0.05) is 0 Å². The highest BCUT2D eigenvalue weighted by Crippen LogP contribution is 2.24. The van der Waals surface area contributed by atoms with Crippen LogP contribution in [0.15, 0.2) is 42.9 Å². The van der Waals surface area contributed by atoms with Gasteiger partial charge in [0.25, 0.3) is 5.91 Å². The number of piperazine rings is 1. The molecule has 0 aliphatic carbocycles. The Bertz CT molecular complexity index is 790. The lowest BCUT2D eigenvalue weighted by Gasteiger charge is -2.34. The highest BCUT2D eigenvalue weighted by molar-refractivity contribution is 5.94. The van der Waals surface area contributed by atoms with Crippen molar-refractivity contribution in [3.05, 3.63) is 54.1 Å². The minimum Gasteiger partial charge on any atom is -0.391 e. The number of carbonyl (C=O) groups excluding carboxylic acids is 1. The molecular formula is C21H27N5O2. The number of carbonyl (C=O) groups is 1. The maximum absolute atomic E-state index is 12.9. The first kappa shape index (κ1) is 18.8. The molecule has 1 N–H and O–H groups in total. The number of benzene rings is 1. The number of aromatic nitrogens is 2. The molecule has 0 radical (unpaired) electrons. The number of likely N-dealkylation sites (tertiary alicyclic amines) is 1. The first-order valence-corrected chi connectivity index (χ1v) is 9.86. The fourth-order valence-electron chi connectivity index (χ4n) is 3.99. The van der Waals surface area contributed by atoms with E-state index < -0.39 is 6.10 Å². The zero-order valence-corrected chi connectivity index (χ0v) is 16.2. The van der Waals surface area contributed by atoms with Crippen LogP contribution in [0.5, 0.6) is 0 Å². The van der Waals surface area contributed by atoms with E-state index in [1.807, 2.05) is 24.3 Å². The molecule has 1 aromatic carbocycles. The van der Waals surface area contributed by atoms with Gasteiger partial charge in [-0.3, -0.25) is 14.8 Å². The molecule has 1 aromatic heterocycles. The predicted octanol–water partition coefficient (Wildman–Crippen LogP) is 0.904. The Morgan fingerprint density at radius 3 is 2.54 bits per heavy atom. The van der Waals surface area contributed by atoms with Crippen LogP contribution in [0.2, 0.25) is 0 Å². The van der Waals surface area contributed by atoms with Crippen LogP contribution in [0.25, 0.3) is 0 Å². The lowest BCUT2D eigenvalue weighted by atomic mass is 10.0. The Kier molecular flexibility index (Phi) is 5.54. The largest absolute Gasteiger partial charge is 0.391 e. The topological polar surface area (TPSA) is 72.8 Å². The third-order valence-electron chi connectivity index (χ3n) is 5.76. The minimum absolute atomic E-state index is 0.00902. The lowest BCUT2D eigenvalue weighted by molar-refractivity contribution is 0.0764. The van der Waals surface area contributed by atoms with Crippen LogP contribution in [0.4, 0.5) is 5.69 Å². The second-order valence-corrected chi connectivity index (χ2v) is 7.78. The standard InChI is InChI=1S/C21H27N5O2/c1-24-8-10-25(11-9-24)19-4-2-16(3-5-19)21(28)26-14-17(20(27)15-26)12-18-13-22-6-7-23-18/h2-7,13,17,20,27H,8-12,14-15H2,1H3/t17-,20-/m1/s1. The minimum atomic E-state index is -0.532. The van der Waals surface area contributed by atoms with E-state index in [0.29, 0.717) is 25.1 Å². The van der Waals surface area contributed by atoms with Crippen LogP contribution < -0.4 is 4.90 Å². The Balaban J connectivity index is 1.38. The van der Waals surface area contributed by atoms with Gasteiger partial charge in [-0.05, 0) is 37.7 Å². The third kappa shape index (κ3) is 4.15. The molecule has 2 atom stereocenters. The van der Waals surface area contributed by atoms with E-state index in [1.165, 1.54) is 0 Å². The number of aliphatic hydroxyl groups is 1. The van der Waals surface area contributed by atoms with Crippen molar-refractivity contribution in [1.82, 2.24) is 19.8 Å². The van der Waals surface area contributed by atoms with Crippen molar-refractivity contribution in [3.63, 3.8) is 0 Å². The highest BCUT2D eigenvalue weighted by atomic mass is 16.3. The van der Waals surface area contributed by atoms with Gasteiger partial charge in [-0.2, -0.15) is 0 Å². The fourth-order valence-corrected chi connectivity index (χ4v) is 3.99. The van der Waals surface area contributed by atoms with Gasteiger partial charge in [0.05, 0.1) is 11.8 Å². The summed E-state index contributed by atoms with van der Waals surface area (Å²) in [6.07, 6.45) is 5.10. The van der Waals surface area contributed by atoms with E-state index in [4.69, 9.17) is 0 Å². The van der Waals surface area contributed by atoms with Crippen molar-refractivity contribution in [2.75, 3.05) is 51.2 Å². The van der Waals surface area contributed by atoms with Crippen LogP contribution in [0.3, 0.4) is 0 Å². The Morgan fingerprint density at radius 2 is 1.86 bits per heavy atom. The first-order valence-electron chi connectivity index (χ1n) is 9.86. The summed E-state index contributed by atoms with van der Waals surface area (Å²) in [5.74, 6) is -0.0316. The molecule has 2 aliphatic rings. The van der Waals surface area contributed by atoms with E-state index in [0.717, 1.165) is 37.6 Å². The number of aliphatic hydroxyl groups excluding tert-OH is 1. The van der Waals surface area contributed by atoms with Gasteiger partial charge >= 0.3 is 0 Å². The van der Waals surface area contributed by atoms with Gasteiger partial charge in [0.1, 0.15) is 0 Å². The average molecular weight is 381 g/mol. The van der Waals surface area contributed by atoms with Crippen molar-refractivity contribution in [3.8, 4) is 0 Å². The summed E-state index contributed by atoms with van der Waals surface area (Å²) in [6, 6.07) is 7.86. The van der Waals surface area contributed by atoms with Crippen LogP contribution in [0.1, 0.15) is 16.1 Å². The van der Waals surface area contributed by atoms with Crippen molar-refractivity contribution in [2.24, 2.45) is 5.92 Å². The highest BCUT2D eigenvalue weighted by Gasteiger charge is 2.34. The van der Waals surface area contributed by atoms with Crippen molar-refractivity contribution in [1.29, 1.82) is 0 Å². The molecule has 2 fully saturated rings. The molecule has 0 saturated carbocycles. The van der Waals surface area contributed by atoms with E-state index >= 15 is 0 Å². The SMILES string of the molecule is CN1CCN(c2ccc(C(=O)N3C[C@@H](Cc4cnccn4)[C@H](O)C3)cc2)CC1. The van der Waals surface area contributed by atoms with Gasteiger partial charge < -0.3 is 19.8 Å². The van der Waals surface area contributed by atoms with Crippen LogP contribution in [0, 0.1) is 5.92 Å². The van der Waals surface area contributed by atoms with E-state index in [2.05, 4.69) is 26.8 Å². The average Bonchev–Trinajstić information content (AvgIpc) is 3.09. The summed E-state index contributed by atoms with van der Waals surface area (Å²) in [4.78, 5) is 27.7. The monoisotopic (exact) mass is 381 g/mol. The molecule has 28 heavy (non-hydrogen) atoms. The normalized spacial score (nSPS) is 23.2. The summed E-state index contributed by atoms with van der Waals surface area (Å²) < 4.78 is 0. The molecular weight excluding hydrogens is 354 g/mol. The molecule has 148 valence electrons.